The molecule has 157 valence electrons. The Balaban J connectivity index is 0.000000740. The van der Waals surface area contributed by atoms with Crippen molar-refractivity contribution in [1.82, 2.24) is 9.88 Å². The number of nitrogens with zero attached hydrogens (tertiary/aromatic N) is 2. The van der Waals surface area contributed by atoms with Crippen molar-refractivity contribution in [2.45, 2.75) is 46.1 Å². The van der Waals surface area contributed by atoms with E-state index in [1.165, 1.54) is 32.8 Å². The molecule has 1 unspecified atom stereocenters. The molecule has 1 aromatic heterocycles. The summed E-state index contributed by atoms with van der Waals surface area (Å²) in [7, 11) is 8.77. The third-order valence-corrected chi connectivity index (χ3v) is 3.97. The van der Waals surface area contributed by atoms with Crippen LogP contribution in [0.15, 0.2) is 54.3 Å². The summed E-state index contributed by atoms with van der Waals surface area (Å²) in [4.78, 5) is 15.5. The maximum atomic E-state index is 8.40. The Labute approximate surface area is 188 Å². The standard InChI is InChI=1S/C18H23N2.C5H8O2.ClH.Cr/c1-4-5-14-18(20(2)3)17-13-9-12-16(19-17)15-10-7-6-8-11-15;1-4(6)3-5(2)7;;/h6-10,12-13,18H,4-5,14H2,1-3H3;3,6H,1-2H3;1H;/q-1;;;+3/b;4-3-;;. The van der Waals surface area contributed by atoms with Gasteiger partial charge in [-0.1, -0.05) is 31.9 Å². The number of aliphatic hydroxyl groups is 1. The van der Waals surface area contributed by atoms with Crippen LogP contribution in [-0.2, 0) is 15.4 Å². The number of ketones is 1. The number of benzene rings is 1. The second kappa shape index (κ2) is 16.2. The van der Waals surface area contributed by atoms with Gasteiger partial charge in [-0.2, -0.15) is 0 Å². The predicted octanol–water partition coefficient (Wildman–Crippen LogP) is 6.04. The molecule has 2 N–H and O–H groups in total. The SMILES string of the molecule is CC(=[OH+])/C=C(/C)O.CCCCC(c1cccc(-c2[c-]cccc2)n1)N(C)C.[Cl][Cr+2]. The summed E-state index contributed by atoms with van der Waals surface area (Å²) in [6.07, 6.45) is 4.88. The summed E-state index contributed by atoms with van der Waals surface area (Å²) in [5.74, 6) is 0.250. The second-order valence-corrected chi connectivity index (χ2v) is 6.77. The van der Waals surface area contributed by atoms with Gasteiger partial charge in [-0.15, -0.1) is 35.9 Å². The van der Waals surface area contributed by atoms with E-state index in [4.69, 9.17) is 14.9 Å². The van der Waals surface area contributed by atoms with E-state index in [1.54, 1.807) is 0 Å². The van der Waals surface area contributed by atoms with Gasteiger partial charge in [-0.3, -0.25) is 9.78 Å². The molecule has 0 aliphatic rings. The topological polar surface area (TPSA) is 57.8 Å². The van der Waals surface area contributed by atoms with Crippen molar-refractivity contribution < 1.29 is 25.3 Å². The van der Waals surface area contributed by atoms with Crippen LogP contribution in [0, 0.1) is 6.07 Å². The third kappa shape index (κ3) is 11.8. The van der Waals surface area contributed by atoms with E-state index in [-0.39, 0.29) is 11.5 Å². The minimum absolute atomic E-state index is 0.125. The molecule has 2 aromatic rings. The normalized spacial score (nSPS) is 11.6. The number of hydrogen-bond donors (Lipinski definition) is 1. The summed E-state index contributed by atoms with van der Waals surface area (Å²) in [6, 6.07) is 17.9. The first-order chi connectivity index (χ1) is 13.8. The molecular formula is C23H32ClCrN2O2+2. The summed E-state index contributed by atoms with van der Waals surface area (Å²) in [5.41, 5.74) is 3.21. The maximum absolute atomic E-state index is 8.40. The Hall–Kier alpha value is -1.64. The number of rotatable bonds is 7. The van der Waals surface area contributed by atoms with Gasteiger partial charge < -0.3 is 10.0 Å². The van der Waals surface area contributed by atoms with E-state index in [0.29, 0.717) is 6.04 Å². The molecule has 0 spiro atoms. The van der Waals surface area contributed by atoms with Gasteiger partial charge in [0, 0.05) is 5.69 Å². The monoisotopic (exact) mass is 455 g/mol. The average molecular weight is 456 g/mol. The molecular weight excluding hydrogens is 424 g/mol. The van der Waals surface area contributed by atoms with Crippen molar-refractivity contribution in [3.05, 3.63) is 66.1 Å². The molecule has 29 heavy (non-hydrogen) atoms. The van der Waals surface area contributed by atoms with Gasteiger partial charge in [0.1, 0.15) is 0 Å². The second-order valence-electron chi connectivity index (χ2n) is 6.77. The molecule has 6 heteroatoms. The van der Waals surface area contributed by atoms with Gasteiger partial charge >= 0.3 is 31.2 Å². The number of aliphatic hydroxyl groups excluding tert-OH is 1. The van der Waals surface area contributed by atoms with Gasteiger partial charge in [0.05, 0.1) is 24.8 Å². The molecule has 4 nitrogen and oxygen atoms in total. The first-order valence-corrected chi connectivity index (χ1v) is 11.3. The molecule has 1 heterocycles. The van der Waals surface area contributed by atoms with E-state index < -0.39 is 0 Å². The van der Waals surface area contributed by atoms with Crippen LogP contribution in [-0.4, -0.2) is 39.7 Å². The van der Waals surface area contributed by atoms with Crippen molar-refractivity contribution in [2.24, 2.45) is 0 Å². The molecule has 0 aliphatic carbocycles. The Morgan fingerprint density at radius 1 is 1.24 bits per heavy atom. The van der Waals surface area contributed by atoms with Crippen LogP contribution in [0.2, 0.25) is 0 Å². The van der Waals surface area contributed by atoms with E-state index in [9.17, 15) is 0 Å². The van der Waals surface area contributed by atoms with Gasteiger partial charge in [0.25, 0.3) is 0 Å². The molecule has 0 saturated heterocycles. The first-order valence-electron chi connectivity index (χ1n) is 9.50. The number of hydrogen-bond acceptors (Lipinski definition) is 3. The zero-order valence-electron chi connectivity index (χ0n) is 17.9. The van der Waals surface area contributed by atoms with Crippen molar-refractivity contribution >= 4 is 15.8 Å². The fourth-order valence-corrected chi connectivity index (χ4v) is 2.71. The molecule has 0 amide bonds. The van der Waals surface area contributed by atoms with Crippen LogP contribution in [0.1, 0.15) is 51.8 Å². The molecule has 1 atom stereocenters. The average Bonchev–Trinajstić information content (AvgIpc) is 2.70. The molecule has 0 radical (unpaired) electrons. The quantitative estimate of drug-likeness (QED) is 0.239. The summed E-state index contributed by atoms with van der Waals surface area (Å²) in [5, 5.41) is 8.40. The molecule has 2 rings (SSSR count). The number of allylic oxidation sites excluding steroid dienone is 2. The fourth-order valence-electron chi connectivity index (χ4n) is 2.71. The fraction of sp³-hybridized carbons (Fsp3) is 0.391. The summed E-state index contributed by atoms with van der Waals surface area (Å²) < 4.78 is 0. The first kappa shape index (κ1) is 27.4. The Kier molecular flexibility index (Phi) is 15.3. The Morgan fingerprint density at radius 2 is 1.93 bits per heavy atom. The van der Waals surface area contributed by atoms with E-state index in [1.807, 2.05) is 18.2 Å². The van der Waals surface area contributed by atoms with Crippen molar-refractivity contribution in [3.8, 4) is 11.3 Å². The zero-order valence-corrected chi connectivity index (χ0v) is 19.9. The molecule has 0 bridgehead atoms. The van der Waals surface area contributed by atoms with Gasteiger partial charge in [0.15, 0.2) is 0 Å². The molecule has 1 aromatic carbocycles. The molecule has 0 aliphatic heterocycles. The number of aromatic nitrogens is 1. The molecule has 0 saturated carbocycles. The van der Waals surface area contributed by atoms with E-state index >= 15 is 0 Å². The van der Waals surface area contributed by atoms with Crippen LogP contribution in [0.5, 0.6) is 0 Å². The van der Waals surface area contributed by atoms with Crippen LogP contribution in [0.25, 0.3) is 11.3 Å². The van der Waals surface area contributed by atoms with Gasteiger partial charge in [-0.25, -0.2) is 0 Å². The van der Waals surface area contributed by atoms with Gasteiger partial charge in [0.2, 0.25) is 0 Å². The van der Waals surface area contributed by atoms with Crippen molar-refractivity contribution in [1.29, 1.82) is 0 Å². The van der Waals surface area contributed by atoms with Gasteiger partial charge in [-0.05, 0) is 39.2 Å². The number of unbranched alkanes of at least 4 members (excludes halogenated alkanes) is 1. The number of carbonyl (C=O) groups excluding carboxylic acids is 1. The van der Waals surface area contributed by atoms with E-state index in [0.717, 1.165) is 23.4 Å². The number of halogens is 1. The van der Waals surface area contributed by atoms with Crippen molar-refractivity contribution in [3.63, 3.8) is 0 Å². The number of pyridine rings is 1. The third-order valence-electron chi connectivity index (χ3n) is 3.97. The summed E-state index contributed by atoms with van der Waals surface area (Å²) in [6.45, 7) is 5.23. The van der Waals surface area contributed by atoms with Crippen LogP contribution in [0.4, 0.5) is 0 Å². The van der Waals surface area contributed by atoms with E-state index in [2.05, 4.69) is 81.7 Å². The zero-order chi connectivity index (χ0) is 22.2. The Bertz CT molecular complexity index is 733. The summed E-state index contributed by atoms with van der Waals surface area (Å²) >= 11 is 2.10. The van der Waals surface area contributed by atoms with Crippen LogP contribution >= 0.6 is 10.0 Å². The molecule has 0 fully saturated rings. The van der Waals surface area contributed by atoms with Crippen LogP contribution < -0.4 is 0 Å². The van der Waals surface area contributed by atoms with Crippen LogP contribution in [0.3, 0.4) is 0 Å². The Morgan fingerprint density at radius 3 is 2.38 bits per heavy atom. The predicted molar refractivity (Wildman–Crippen MR) is 119 cm³/mol. The van der Waals surface area contributed by atoms with Crippen molar-refractivity contribution in [2.75, 3.05) is 14.1 Å². The minimum atomic E-state index is 0.125.